The van der Waals surface area contributed by atoms with Crippen molar-refractivity contribution in [2.75, 3.05) is 26.2 Å². The molecular weight excluding hydrogens is 407 g/mol. The van der Waals surface area contributed by atoms with Crippen molar-refractivity contribution in [3.63, 3.8) is 0 Å². The van der Waals surface area contributed by atoms with Crippen LogP contribution in [-0.4, -0.2) is 61.9 Å². The number of amides is 1. The van der Waals surface area contributed by atoms with Gasteiger partial charge in [0.1, 0.15) is 11.5 Å². The van der Waals surface area contributed by atoms with E-state index >= 15 is 0 Å². The van der Waals surface area contributed by atoms with Crippen molar-refractivity contribution in [2.24, 2.45) is 7.05 Å². The van der Waals surface area contributed by atoms with E-state index in [0.717, 1.165) is 17.0 Å². The van der Waals surface area contributed by atoms with E-state index in [-0.39, 0.29) is 11.7 Å². The van der Waals surface area contributed by atoms with Gasteiger partial charge in [-0.3, -0.25) is 19.5 Å². The lowest BCUT2D eigenvalue weighted by Gasteiger charge is -2.34. The van der Waals surface area contributed by atoms with Crippen LogP contribution in [0.3, 0.4) is 0 Å². The minimum Gasteiger partial charge on any atom is -0.335 e. The maximum Gasteiger partial charge on any atom is 0.271 e. The highest BCUT2D eigenvalue weighted by molar-refractivity contribution is 6.31. The topological polar surface area (TPSA) is 70.1 Å². The molecule has 9 heteroatoms. The summed E-state index contributed by atoms with van der Waals surface area (Å²) < 4.78 is 15.8. The third-order valence-electron chi connectivity index (χ3n) is 5.68. The molecule has 3 aromatic rings. The number of halogens is 2. The Morgan fingerprint density at radius 1 is 1.23 bits per heavy atom. The lowest BCUT2D eigenvalue weighted by molar-refractivity contribution is 0.0621. The second kappa shape index (κ2) is 8.20. The van der Waals surface area contributed by atoms with Gasteiger partial charge in [0.15, 0.2) is 0 Å². The van der Waals surface area contributed by atoms with E-state index in [4.69, 9.17) is 11.6 Å². The molecule has 0 aliphatic carbocycles. The van der Waals surface area contributed by atoms with Crippen LogP contribution in [0.25, 0.3) is 11.3 Å². The minimum absolute atomic E-state index is 0.0866. The number of H-pyrrole nitrogens is 1. The highest BCUT2D eigenvalue weighted by atomic mass is 35.5. The molecule has 1 N–H and O–H groups in total. The second-order valence-electron chi connectivity index (χ2n) is 7.60. The Morgan fingerprint density at radius 2 is 1.97 bits per heavy atom. The normalized spacial score (nSPS) is 15.0. The van der Waals surface area contributed by atoms with E-state index in [1.165, 1.54) is 6.07 Å². The number of aryl methyl sites for hydroxylation is 2. The molecule has 0 spiro atoms. The van der Waals surface area contributed by atoms with Crippen LogP contribution >= 0.6 is 11.6 Å². The number of nitrogens with one attached hydrogen (secondary N) is 1. The van der Waals surface area contributed by atoms with Gasteiger partial charge in [-0.2, -0.15) is 10.2 Å². The number of hydrogen-bond acceptors (Lipinski definition) is 4. The minimum atomic E-state index is -0.299. The zero-order chi connectivity index (χ0) is 21.4. The monoisotopic (exact) mass is 430 g/mol. The molecule has 0 atom stereocenters. The average molecular weight is 431 g/mol. The van der Waals surface area contributed by atoms with Crippen molar-refractivity contribution in [3.8, 4) is 11.3 Å². The maximum absolute atomic E-state index is 14.0. The summed E-state index contributed by atoms with van der Waals surface area (Å²) in [6.07, 6.45) is 0. The Balaban J connectivity index is 1.41. The SMILES string of the molecule is Cc1nn(C)c(C)c1-c1cc(C(=O)N2CCN(Cc3c(F)cccc3Cl)CC2)[nH]n1. The number of aromatic nitrogens is 4. The molecule has 1 aliphatic heterocycles. The van der Waals surface area contributed by atoms with E-state index in [1.54, 1.807) is 23.1 Å². The molecule has 158 valence electrons. The lowest BCUT2D eigenvalue weighted by atomic mass is 10.1. The molecule has 0 bridgehead atoms. The number of carbonyl (C=O) groups is 1. The largest absolute Gasteiger partial charge is 0.335 e. The summed E-state index contributed by atoms with van der Waals surface area (Å²) in [6, 6.07) is 6.50. The first-order chi connectivity index (χ1) is 14.3. The van der Waals surface area contributed by atoms with E-state index in [0.29, 0.717) is 54.7 Å². The molecule has 0 radical (unpaired) electrons. The van der Waals surface area contributed by atoms with Crippen LogP contribution in [0.15, 0.2) is 24.3 Å². The molecule has 1 aromatic carbocycles. The van der Waals surface area contributed by atoms with Gasteiger partial charge in [0.05, 0.1) is 11.4 Å². The van der Waals surface area contributed by atoms with Crippen LogP contribution in [0.1, 0.15) is 27.4 Å². The Morgan fingerprint density at radius 3 is 2.60 bits per heavy atom. The molecule has 1 aliphatic rings. The fraction of sp³-hybridized carbons (Fsp3) is 0.381. The fourth-order valence-corrected chi connectivity index (χ4v) is 4.11. The van der Waals surface area contributed by atoms with Gasteiger partial charge in [-0.05, 0) is 32.0 Å². The van der Waals surface area contributed by atoms with Gasteiger partial charge in [-0.25, -0.2) is 4.39 Å². The van der Waals surface area contributed by atoms with Gasteiger partial charge in [-0.15, -0.1) is 0 Å². The summed E-state index contributed by atoms with van der Waals surface area (Å²) in [7, 11) is 1.89. The maximum atomic E-state index is 14.0. The lowest BCUT2D eigenvalue weighted by Crippen LogP contribution is -2.48. The highest BCUT2D eigenvalue weighted by Crippen LogP contribution is 2.26. The first-order valence-electron chi connectivity index (χ1n) is 9.85. The summed E-state index contributed by atoms with van der Waals surface area (Å²) in [6.45, 7) is 6.76. The number of benzene rings is 1. The number of aromatic amines is 1. The predicted octanol–water partition coefficient (Wildman–Crippen LogP) is 3.18. The standard InChI is InChI=1S/C21H24ClFN6O/c1-13-20(14(2)27(3)26-13)18-11-19(25-24-18)21(30)29-9-7-28(8-10-29)12-15-16(22)5-4-6-17(15)23/h4-6,11H,7-10,12H2,1-3H3,(H,24,25). The summed E-state index contributed by atoms with van der Waals surface area (Å²) >= 11 is 6.14. The van der Waals surface area contributed by atoms with Crippen LogP contribution in [0.5, 0.6) is 0 Å². The van der Waals surface area contributed by atoms with Crippen molar-refractivity contribution < 1.29 is 9.18 Å². The van der Waals surface area contributed by atoms with Gasteiger partial charge in [0.2, 0.25) is 0 Å². The first-order valence-corrected chi connectivity index (χ1v) is 10.2. The van der Waals surface area contributed by atoms with E-state index in [2.05, 4.69) is 20.2 Å². The molecule has 7 nitrogen and oxygen atoms in total. The van der Waals surface area contributed by atoms with Crippen molar-refractivity contribution in [1.29, 1.82) is 0 Å². The number of rotatable bonds is 4. The molecule has 0 unspecified atom stereocenters. The molecule has 3 heterocycles. The van der Waals surface area contributed by atoms with Gasteiger partial charge < -0.3 is 4.90 Å². The third kappa shape index (κ3) is 3.85. The van der Waals surface area contributed by atoms with Crippen molar-refractivity contribution in [2.45, 2.75) is 20.4 Å². The Hall–Kier alpha value is -2.71. The number of nitrogens with zero attached hydrogens (tertiary/aromatic N) is 5. The fourth-order valence-electron chi connectivity index (χ4n) is 3.89. The molecule has 1 fully saturated rings. The molecule has 0 saturated carbocycles. The van der Waals surface area contributed by atoms with Crippen LogP contribution in [-0.2, 0) is 13.6 Å². The summed E-state index contributed by atoms with van der Waals surface area (Å²) in [5.74, 6) is -0.386. The molecule has 4 rings (SSSR count). The van der Waals surface area contributed by atoms with Crippen LogP contribution in [0, 0.1) is 19.7 Å². The van der Waals surface area contributed by atoms with Gasteiger partial charge in [0, 0.05) is 61.6 Å². The van der Waals surface area contributed by atoms with Crippen LogP contribution in [0.2, 0.25) is 5.02 Å². The second-order valence-corrected chi connectivity index (χ2v) is 8.01. The zero-order valence-electron chi connectivity index (χ0n) is 17.2. The van der Waals surface area contributed by atoms with Crippen LogP contribution < -0.4 is 0 Å². The van der Waals surface area contributed by atoms with Gasteiger partial charge in [0.25, 0.3) is 5.91 Å². The molecule has 1 amide bonds. The highest BCUT2D eigenvalue weighted by Gasteiger charge is 2.25. The summed E-state index contributed by atoms with van der Waals surface area (Å²) in [4.78, 5) is 16.8. The smallest absolute Gasteiger partial charge is 0.271 e. The van der Waals surface area contributed by atoms with Crippen molar-refractivity contribution in [3.05, 3.63) is 57.8 Å². The van der Waals surface area contributed by atoms with E-state index < -0.39 is 0 Å². The van der Waals surface area contributed by atoms with Gasteiger partial charge in [-0.1, -0.05) is 17.7 Å². The number of piperazine rings is 1. The molecule has 30 heavy (non-hydrogen) atoms. The zero-order valence-corrected chi connectivity index (χ0v) is 18.0. The molecule has 2 aromatic heterocycles. The van der Waals surface area contributed by atoms with Crippen LogP contribution in [0.4, 0.5) is 4.39 Å². The van der Waals surface area contributed by atoms with E-state index in [9.17, 15) is 9.18 Å². The third-order valence-corrected chi connectivity index (χ3v) is 6.03. The first kappa shape index (κ1) is 20.6. The number of carbonyl (C=O) groups excluding carboxylic acids is 1. The van der Waals surface area contributed by atoms with Gasteiger partial charge >= 0.3 is 0 Å². The summed E-state index contributed by atoms with van der Waals surface area (Å²) in [5, 5.41) is 12.0. The Labute approximate surface area is 179 Å². The molecular formula is C21H24ClFN6O. The summed E-state index contributed by atoms with van der Waals surface area (Å²) in [5.41, 5.74) is 4.49. The van der Waals surface area contributed by atoms with Crippen molar-refractivity contribution in [1.82, 2.24) is 29.8 Å². The predicted molar refractivity (Wildman–Crippen MR) is 113 cm³/mol. The van der Waals surface area contributed by atoms with E-state index in [1.807, 2.05) is 25.6 Å². The Bertz CT molecular complexity index is 1060. The average Bonchev–Trinajstić information content (AvgIpc) is 3.29. The quantitative estimate of drug-likeness (QED) is 0.690. The number of hydrogen-bond donors (Lipinski definition) is 1. The Kier molecular flexibility index (Phi) is 5.62. The molecule has 1 saturated heterocycles. The van der Waals surface area contributed by atoms with Crippen molar-refractivity contribution >= 4 is 17.5 Å².